The fourth-order valence-corrected chi connectivity index (χ4v) is 2.37. The number of benzene rings is 3. The van der Waals surface area contributed by atoms with Crippen LogP contribution in [0.25, 0.3) is 10.8 Å². The number of esters is 1. The summed E-state index contributed by atoms with van der Waals surface area (Å²) < 4.78 is 5.51. The lowest BCUT2D eigenvalue weighted by molar-refractivity contribution is -0.130. The highest BCUT2D eigenvalue weighted by Crippen LogP contribution is 2.26. The zero-order valence-corrected chi connectivity index (χ0v) is 14.1. The number of rotatable bonds is 4. The van der Waals surface area contributed by atoms with E-state index in [1.54, 1.807) is 13.0 Å². The molecule has 0 bridgehead atoms. The Hall–Kier alpha value is -3.27. The Morgan fingerprint density at radius 3 is 2.52 bits per heavy atom. The molecule has 0 aliphatic carbocycles. The monoisotopic (exact) mass is 330 g/mol. The number of carbonyl (C=O) groups excluding carboxylic acids is 1. The van der Waals surface area contributed by atoms with Crippen LogP contribution in [0.1, 0.15) is 12.5 Å². The van der Waals surface area contributed by atoms with Gasteiger partial charge in [-0.1, -0.05) is 54.6 Å². The minimum atomic E-state index is -0.444. The second-order valence-corrected chi connectivity index (χ2v) is 5.68. The number of azo groups is 1. The molecule has 0 saturated carbocycles. The SMILES string of the molecule is CC(=CN=Nc1ccccc1C)C(=O)Oc1cccc2ccccc12. The molecule has 25 heavy (non-hydrogen) atoms. The van der Waals surface area contributed by atoms with Gasteiger partial charge in [-0.15, -0.1) is 0 Å². The van der Waals surface area contributed by atoms with Crippen LogP contribution in [0.2, 0.25) is 0 Å². The predicted octanol–water partition coefficient (Wildman–Crippen LogP) is 5.74. The van der Waals surface area contributed by atoms with E-state index in [1.165, 1.54) is 6.20 Å². The van der Waals surface area contributed by atoms with Crippen molar-refractivity contribution in [1.82, 2.24) is 0 Å². The van der Waals surface area contributed by atoms with Gasteiger partial charge in [-0.3, -0.25) is 0 Å². The predicted molar refractivity (Wildman–Crippen MR) is 99.0 cm³/mol. The van der Waals surface area contributed by atoms with Crippen molar-refractivity contribution in [2.75, 3.05) is 0 Å². The molecule has 4 nitrogen and oxygen atoms in total. The molecule has 4 heteroatoms. The molecule has 0 aliphatic rings. The van der Waals surface area contributed by atoms with Gasteiger partial charge >= 0.3 is 5.97 Å². The molecule has 0 heterocycles. The molecular weight excluding hydrogens is 312 g/mol. The number of aryl methyl sites for hydroxylation is 1. The molecule has 0 N–H and O–H groups in total. The second-order valence-electron chi connectivity index (χ2n) is 5.68. The van der Waals surface area contributed by atoms with Gasteiger partial charge < -0.3 is 4.74 Å². The summed E-state index contributed by atoms with van der Waals surface area (Å²) in [7, 11) is 0. The molecule has 0 spiro atoms. The smallest absolute Gasteiger partial charge is 0.340 e. The van der Waals surface area contributed by atoms with Crippen LogP contribution in [0.4, 0.5) is 5.69 Å². The zero-order chi connectivity index (χ0) is 17.6. The molecule has 0 atom stereocenters. The van der Waals surface area contributed by atoms with E-state index in [0.717, 1.165) is 22.0 Å². The summed E-state index contributed by atoms with van der Waals surface area (Å²) in [6, 6.07) is 21.1. The zero-order valence-electron chi connectivity index (χ0n) is 14.1. The minimum Gasteiger partial charge on any atom is -0.422 e. The van der Waals surface area contributed by atoms with Crippen LogP contribution in [-0.2, 0) is 4.79 Å². The quantitative estimate of drug-likeness (QED) is 0.265. The van der Waals surface area contributed by atoms with E-state index < -0.39 is 5.97 Å². The first-order chi connectivity index (χ1) is 12.1. The van der Waals surface area contributed by atoms with Gasteiger partial charge in [0.05, 0.1) is 17.5 Å². The van der Waals surface area contributed by atoms with Crippen molar-refractivity contribution in [3.8, 4) is 5.75 Å². The van der Waals surface area contributed by atoms with E-state index >= 15 is 0 Å². The van der Waals surface area contributed by atoms with Crippen LogP contribution in [0.15, 0.2) is 88.7 Å². The molecule has 3 rings (SSSR count). The van der Waals surface area contributed by atoms with E-state index in [2.05, 4.69) is 10.2 Å². The fourth-order valence-electron chi connectivity index (χ4n) is 2.37. The Balaban J connectivity index is 1.75. The summed E-state index contributed by atoms with van der Waals surface area (Å²) in [5, 5.41) is 10.0. The molecule has 0 fully saturated rings. The number of hydrogen-bond donors (Lipinski definition) is 0. The van der Waals surface area contributed by atoms with Crippen molar-refractivity contribution in [3.63, 3.8) is 0 Å². The summed E-state index contributed by atoms with van der Waals surface area (Å²) in [4.78, 5) is 12.3. The summed E-state index contributed by atoms with van der Waals surface area (Å²) in [6.07, 6.45) is 1.42. The molecule has 3 aromatic rings. The van der Waals surface area contributed by atoms with Crippen molar-refractivity contribution in [2.24, 2.45) is 10.2 Å². The van der Waals surface area contributed by atoms with Crippen molar-refractivity contribution in [1.29, 1.82) is 0 Å². The van der Waals surface area contributed by atoms with E-state index in [0.29, 0.717) is 11.3 Å². The Bertz CT molecular complexity index is 969. The standard InChI is InChI=1S/C21H18N2O2/c1-15-8-3-6-12-19(15)23-22-14-16(2)21(24)25-20-13-7-10-17-9-4-5-11-18(17)20/h3-14H,1-2H3. The summed E-state index contributed by atoms with van der Waals surface area (Å²) in [6.45, 7) is 3.62. The van der Waals surface area contributed by atoms with Crippen LogP contribution in [0.5, 0.6) is 5.75 Å². The first kappa shape index (κ1) is 16.6. The van der Waals surface area contributed by atoms with Crippen LogP contribution in [0.3, 0.4) is 0 Å². The molecule has 0 unspecified atom stereocenters. The van der Waals surface area contributed by atoms with Crippen molar-refractivity contribution < 1.29 is 9.53 Å². The molecule has 0 saturated heterocycles. The number of hydrogen-bond acceptors (Lipinski definition) is 4. The summed E-state index contributed by atoms with van der Waals surface area (Å²) >= 11 is 0. The number of fused-ring (bicyclic) bond motifs is 1. The van der Waals surface area contributed by atoms with Crippen LogP contribution in [-0.4, -0.2) is 5.97 Å². The van der Waals surface area contributed by atoms with Gasteiger partial charge in [0.15, 0.2) is 0 Å². The van der Waals surface area contributed by atoms with Crippen LogP contribution < -0.4 is 4.74 Å². The van der Waals surface area contributed by atoms with E-state index in [9.17, 15) is 4.79 Å². The topological polar surface area (TPSA) is 51.0 Å². The molecule has 124 valence electrons. The Morgan fingerprint density at radius 2 is 1.68 bits per heavy atom. The van der Waals surface area contributed by atoms with E-state index in [1.807, 2.05) is 67.6 Å². The third-order valence-corrected chi connectivity index (χ3v) is 3.81. The lowest BCUT2D eigenvalue weighted by Crippen LogP contribution is -2.09. The van der Waals surface area contributed by atoms with Gasteiger partial charge in [0.25, 0.3) is 0 Å². The normalized spacial score (nSPS) is 11.8. The molecular formula is C21H18N2O2. The molecule has 0 aromatic heterocycles. The van der Waals surface area contributed by atoms with Crippen molar-refractivity contribution >= 4 is 22.4 Å². The van der Waals surface area contributed by atoms with E-state index in [4.69, 9.17) is 4.74 Å². The van der Waals surface area contributed by atoms with Gasteiger partial charge in [-0.05, 0) is 36.9 Å². The fraction of sp³-hybridized carbons (Fsp3) is 0.0952. The summed E-state index contributed by atoms with van der Waals surface area (Å²) in [5.74, 6) is 0.0896. The minimum absolute atomic E-state index is 0.380. The van der Waals surface area contributed by atoms with Crippen molar-refractivity contribution in [2.45, 2.75) is 13.8 Å². The number of nitrogens with zero attached hydrogens (tertiary/aromatic N) is 2. The molecule has 0 radical (unpaired) electrons. The van der Waals surface area contributed by atoms with Gasteiger partial charge in [0.2, 0.25) is 0 Å². The first-order valence-corrected chi connectivity index (χ1v) is 7.98. The van der Waals surface area contributed by atoms with E-state index in [-0.39, 0.29) is 0 Å². The maximum Gasteiger partial charge on any atom is 0.340 e. The lowest BCUT2D eigenvalue weighted by atomic mass is 10.1. The van der Waals surface area contributed by atoms with Crippen LogP contribution in [0, 0.1) is 6.92 Å². The third kappa shape index (κ3) is 3.98. The maximum absolute atomic E-state index is 12.3. The van der Waals surface area contributed by atoms with Gasteiger partial charge in [-0.2, -0.15) is 10.2 Å². The summed E-state index contributed by atoms with van der Waals surface area (Å²) in [5.41, 5.74) is 2.18. The van der Waals surface area contributed by atoms with Crippen molar-refractivity contribution in [3.05, 3.63) is 84.1 Å². The average Bonchev–Trinajstić information content (AvgIpc) is 2.63. The van der Waals surface area contributed by atoms with Gasteiger partial charge in [-0.25, -0.2) is 4.79 Å². The highest BCUT2D eigenvalue weighted by atomic mass is 16.5. The highest BCUT2D eigenvalue weighted by Gasteiger charge is 2.09. The lowest BCUT2D eigenvalue weighted by Gasteiger charge is -2.07. The Labute approximate surface area is 146 Å². The molecule has 3 aromatic carbocycles. The Morgan fingerprint density at radius 1 is 0.960 bits per heavy atom. The molecule has 0 amide bonds. The van der Waals surface area contributed by atoms with Gasteiger partial charge in [0.1, 0.15) is 5.75 Å². The molecule has 0 aliphatic heterocycles. The highest BCUT2D eigenvalue weighted by molar-refractivity contribution is 5.94. The third-order valence-electron chi connectivity index (χ3n) is 3.81. The Kier molecular flexibility index (Phi) is 5.00. The largest absolute Gasteiger partial charge is 0.422 e. The number of carbonyl (C=O) groups is 1. The second kappa shape index (κ2) is 7.53. The number of ether oxygens (including phenoxy) is 1. The van der Waals surface area contributed by atoms with Gasteiger partial charge in [0, 0.05) is 5.39 Å². The first-order valence-electron chi connectivity index (χ1n) is 7.98. The van der Waals surface area contributed by atoms with Crippen LogP contribution >= 0.6 is 0 Å². The maximum atomic E-state index is 12.3. The average molecular weight is 330 g/mol.